The fourth-order valence-corrected chi connectivity index (χ4v) is 1.80. The average molecular weight is 205 g/mol. The zero-order valence-corrected chi connectivity index (χ0v) is 8.73. The van der Waals surface area contributed by atoms with Crippen LogP contribution in [0, 0.1) is 0 Å². The molecule has 2 rings (SSSR count). The maximum atomic E-state index is 11.0. The van der Waals surface area contributed by atoms with E-state index in [9.17, 15) is 4.79 Å². The summed E-state index contributed by atoms with van der Waals surface area (Å²) in [4.78, 5) is 15.1. The number of amides is 1. The van der Waals surface area contributed by atoms with Gasteiger partial charge in [-0.1, -0.05) is 6.07 Å². The van der Waals surface area contributed by atoms with Gasteiger partial charge in [0.25, 0.3) is 0 Å². The molecule has 2 heterocycles. The Hall–Kier alpha value is -1.42. The van der Waals surface area contributed by atoms with E-state index < -0.39 is 0 Å². The molecule has 4 heteroatoms. The quantitative estimate of drug-likeness (QED) is 0.760. The van der Waals surface area contributed by atoms with Gasteiger partial charge in [-0.3, -0.25) is 9.78 Å². The Kier molecular flexibility index (Phi) is 2.97. The zero-order chi connectivity index (χ0) is 10.7. The van der Waals surface area contributed by atoms with Gasteiger partial charge in [-0.25, -0.2) is 0 Å². The summed E-state index contributed by atoms with van der Waals surface area (Å²) in [5.41, 5.74) is 1.15. The Morgan fingerprint density at radius 1 is 1.67 bits per heavy atom. The molecule has 0 saturated carbocycles. The van der Waals surface area contributed by atoms with Gasteiger partial charge < -0.3 is 10.6 Å². The maximum absolute atomic E-state index is 11.0. The number of carbonyl (C=O) groups excluding carboxylic acids is 1. The second-order valence-electron chi connectivity index (χ2n) is 3.88. The molecule has 2 unspecified atom stereocenters. The van der Waals surface area contributed by atoms with Crippen LogP contribution in [0.2, 0.25) is 0 Å². The zero-order valence-electron chi connectivity index (χ0n) is 8.73. The van der Waals surface area contributed by atoms with Crippen molar-refractivity contribution in [1.29, 1.82) is 0 Å². The number of hydrogen-bond acceptors (Lipinski definition) is 3. The summed E-state index contributed by atoms with van der Waals surface area (Å²) in [6.07, 6.45) is 4.18. The van der Waals surface area contributed by atoms with Crippen LogP contribution in [0.4, 0.5) is 0 Å². The normalized spacial score (nSPS) is 22.5. The SMILES string of the molecule is CC(NC1CNC(=O)C1)c1cccnc1. The fraction of sp³-hybridized carbons (Fsp3) is 0.455. The molecule has 1 aliphatic heterocycles. The van der Waals surface area contributed by atoms with E-state index in [2.05, 4.69) is 22.5 Å². The second kappa shape index (κ2) is 4.40. The number of rotatable bonds is 3. The standard InChI is InChI=1S/C11H15N3O/c1-8(9-3-2-4-12-6-9)14-10-5-11(15)13-7-10/h2-4,6,8,10,14H,5,7H2,1H3,(H,13,15). The van der Waals surface area contributed by atoms with Crippen LogP contribution in [0.15, 0.2) is 24.5 Å². The molecule has 0 radical (unpaired) electrons. The molecule has 1 saturated heterocycles. The molecule has 1 aliphatic rings. The first-order valence-electron chi connectivity index (χ1n) is 5.18. The van der Waals surface area contributed by atoms with Crippen molar-refractivity contribution in [2.45, 2.75) is 25.4 Å². The number of pyridine rings is 1. The van der Waals surface area contributed by atoms with Gasteiger partial charge in [0.15, 0.2) is 0 Å². The van der Waals surface area contributed by atoms with Crippen LogP contribution in [0.3, 0.4) is 0 Å². The molecule has 1 amide bonds. The highest BCUT2D eigenvalue weighted by molar-refractivity contribution is 5.78. The first kappa shape index (κ1) is 10.1. The lowest BCUT2D eigenvalue weighted by molar-refractivity contribution is -0.119. The van der Waals surface area contributed by atoms with Crippen molar-refractivity contribution in [1.82, 2.24) is 15.6 Å². The van der Waals surface area contributed by atoms with E-state index >= 15 is 0 Å². The summed E-state index contributed by atoms with van der Waals surface area (Å²) in [5, 5.41) is 6.21. The van der Waals surface area contributed by atoms with E-state index in [1.807, 2.05) is 18.3 Å². The van der Waals surface area contributed by atoms with E-state index in [4.69, 9.17) is 0 Å². The van der Waals surface area contributed by atoms with E-state index in [-0.39, 0.29) is 18.0 Å². The molecule has 0 spiro atoms. The molecule has 15 heavy (non-hydrogen) atoms. The third kappa shape index (κ3) is 2.53. The Morgan fingerprint density at radius 3 is 3.13 bits per heavy atom. The first-order chi connectivity index (χ1) is 7.25. The number of nitrogens with zero attached hydrogens (tertiary/aromatic N) is 1. The monoisotopic (exact) mass is 205 g/mol. The average Bonchev–Trinajstić information content (AvgIpc) is 2.65. The summed E-state index contributed by atoms with van der Waals surface area (Å²) in [5.74, 6) is 0.130. The number of carbonyl (C=O) groups is 1. The maximum Gasteiger partial charge on any atom is 0.221 e. The van der Waals surface area contributed by atoms with Gasteiger partial charge in [0.2, 0.25) is 5.91 Å². The van der Waals surface area contributed by atoms with E-state index in [1.165, 1.54) is 0 Å². The largest absolute Gasteiger partial charge is 0.354 e. The highest BCUT2D eigenvalue weighted by atomic mass is 16.1. The van der Waals surface area contributed by atoms with Crippen molar-refractivity contribution in [3.8, 4) is 0 Å². The Bertz CT molecular complexity index is 339. The lowest BCUT2D eigenvalue weighted by Crippen LogP contribution is -2.33. The van der Waals surface area contributed by atoms with Crippen LogP contribution in [-0.4, -0.2) is 23.5 Å². The predicted molar refractivity (Wildman–Crippen MR) is 57.2 cm³/mol. The number of hydrogen-bond donors (Lipinski definition) is 2. The van der Waals surface area contributed by atoms with Crippen molar-refractivity contribution in [3.63, 3.8) is 0 Å². The molecule has 2 N–H and O–H groups in total. The smallest absolute Gasteiger partial charge is 0.221 e. The van der Waals surface area contributed by atoms with Crippen molar-refractivity contribution in [2.24, 2.45) is 0 Å². The lowest BCUT2D eigenvalue weighted by atomic mass is 10.1. The first-order valence-corrected chi connectivity index (χ1v) is 5.18. The van der Waals surface area contributed by atoms with Crippen LogP contribution >= 0.6 is 0 Å². The minimum atomic E-state index is 0.130. The van der Waals surface area contributed by atoms with Crippen LogP contribution in [0.5, 0.6) is 0 Å². The minimum Gasteiger partial charge on any atom is -0.354 e. The lowest BCUT2D eigenvalue weighted by Gasteiger charge is -2.17. The molecule has 0 aliphatic carbocycles. The van der Waals surface area contributed by atoms with Gasteiger partial charge >= 0.3 is 0 Å². The molecule has 1 fully saturated rings. The van der Waals surface area contributed by atoms with E-state index in [0.29, 0.717) is 6.42 Å². The Labute approximate surface area is 89.1 Å². The second-order valence-corrected chi connectivity index (χ2v) is 3.88. The molecule has 4 nitrogen and oxygen atoms in total. The molecular formula is C11H15N3O. The molecule has 0 aromatic carbocycles. The van der Waals surface area contributed by atoms with Crippen LogP contribution in [0.25, 0.3) is 0 Å². The summed E-state index contributed by atoms with van der Waals surface area (Å²) >= 11 is 0. The molecule has 1 aromatic heterocycles. The summed E-state index contributed by atoms with van der Waals surface area (Å²) in [7, 11) is 0. The number of nitrogens with one attached hydrogen (secondary N) is 2. The van der Waals surface area contributed by atoms with Crippen LogP contribution in [-0.2, 0) is 4.79 Å². The third-order valence-corrected chi connectivity index (χ3v) is 2.65. The topological polar surface area (TPSA) is 54.0 Å². The van der Waals surface area contributed by atoms with Gasteiger partial charge in [0.1, 0.15) is 0 Å². The van der Waals surface area contributed by atoms with Crippen molar-refractivity contribution < 1.29 is 4.79 Å². The van der Waals surface area contributed by atoms with Gasteiger partial charge in [-0.15, -0.1) is 0 Å². The van der Waals surface area contributed by atoms with E-state index in [0.717, 1.165) is 12.1 Å². The van der Waals surface area contributed by atoms with Crippen LogP contribution < -0.4 is 10.6 Å². The summed E-state index contributed by atoms with van der Waals surface area (Å²) < 4.78 is 0. The van der Waals surface area contributed by atoms with Gasteiger partial charge in [-0.2, -0.15) is 0 Å². The van der Waals surface area contributed by atoms with Crippen LogP contribution in [0.1, 0.15) is 24.9 Å². The molecule has 80 valence electrons. The van der Waals surface area contributed by atoms with Gasteiger partial charge in [0, 0.05) is 37.4 Å². The summed E-state index contributed by atoms with van der Waals surface area (Å²) in [6, 6.07) is 4.43. The summed E-state index contributed by atoms with van der Waals surface area (Å²) in [6.45, 7) is 2.81. The highest BCUT2D eigenvalue weighted by Gasteiger charge is 2.22. The third-order valence-electron chi connectivity index (χ3n) is 2.65. The molecule has 1 aromatic rings. The van der Waals surface area contributed by atoms with Crippen molar-refractivity contribution in [3.05, 3.63) is 30.1 Å². The minimum absolute atomic E-state index is 0.130. The van der Waals surface area contributed by atoms with Crippen molar-refractivity contribution in [2.75, 3.05) is 6.54 Å². The van der Waals surface area contributed by atoms with E-state index in [1.54, 1.807) is 6.20 Å². The fourth-order valence-electron chi connectivity index (χ4n) is 1.80. The van der Waals surface area contributed by atoms with Gasteiger partial charge in [-0.05, 0) is 18.6 Å². The molecular weight excluding hydrogens is 190 g/mol. The highest BCUT2D eigenvalue weighted by Crippen LogP contribution is 2.12. The number of aromatic nitrogens is 1. The Morgan fingerprint density at radius 2 is 2.53 bits per heavy atom. The Balaban J connectivity index is 1.92. The van der Waals surface area contributed by atoms with Gasteiger partial charge in [0.05, 0.1) is 0 Å². The predicted octanol–water partition coefficient (Wildman–Crippen LogP) is 0.621. The molecule has 0 bridgehead atoms. The molecule has 2 atom stereocenters. The van der Waals surface area contributed by atoms with Crippen molar-refractivity contribution >= 4 is 5.91 Å².